The maximum absolute atomic E-state index is 13.6. The predicted octanol–water partition coefficient (Wildman–Crippen LogP) is 2.58. The fraction of sp³-hybridized carbons (Fsp3) is 0.250. The summed E-state index contributed by atoms with van der Waals surface area (Å²) in [5.41, 5.74) is -0.00176. The van der Waals surface area contributed by atoms with Crippen LogP contribution in [0.25, 0.3) is 0 Å². The van der Waals surface area contributed by atoms with Crippen LogP contribution in [0.1, 0.15) is 18.1 Å². The molecule has 2 N–H and O–H groups in total. The second-order valence-electron chi connectivity index (χ2n) is 3.89. The van der Waals surface area contributed by atoms with Crippen molar-refractivity contribution in [3.05, 3.63) is 47.7 Å². The van der Waals surface area contributed by atoms with Crippen molar-refractivity contribution in [1.82, 2.24) is 5.32 Å². The van der Waals surface area contributed by atoms with E-state index in [0.29, 0.717) is 6.42 Å². The molecule has 1 aliphatic rings. The lowest BCUT2D eigenvalue weighted by molar-refractivity contribution is 0.0849. The Morgan fingerprint density at radius 2 is 2.22 bits per heavy atom. The lowest BCUT2D eigenvalue weighted by atomic mass is 9.97. The Morgan fingerprint density at radius 3 is 2.94 bits per heavy atom. The van der Waals surface area contributed by atoms with Gasteiger partial charge in [0.1, 0.15) is 17.7 Å². The minimum atomic E-state index is -1.24. The average Bonchev–Trinajstić information content (AvgIpc) is 2.32. The average molecular weight is 255 g/mol. The maximum Gasteiger partial charge on any atom is 0.405 e. The normalized spacial score (nSPS) is 22.3. The molecule has 0 radical (unpaired) electrons. The Kier molecular flexibility index (Phi) is 3.45. The lowest BCUT2D eigenvalue weighted by Crippen LogP contribution is -2.40. The Labute approximate surface area is 102 Å². The zero-order valence-corrected chi connectivity index (χ0v) is 9.27. The van der Waals surface area contributed by atoms with Crippen LogP contribution in [0.5, 0.6) is 0 Å². The van der Waals surface area contributed by atoms with Crippen LogP contribution < -0.4 is 5.32 Å². The van der Waals surface area contributed by atoms with Gasteiger partial charge < -0.3 is 15.2 Å². The van der Waals surface area contributed by atoms with Crippen LogP contribution in [-0.2, 0) is 4.74 Å². The van der Waals surface area contributed by atoms with E-state index in [4.69, 9.17) is 9.84 Å². The van der Waals surface area contributed by atoms with E-state index < -0.39 is 29.9 Å². The highest BCUT2D eigenvalue weighted by atomic mass is 19.1. The Morgan fingerprint density at radius 1 is 1.44 bits per heavy atom. The summed E-state index contributed by atoms with van der Waals surface area (Å²) in [4.78, 5) is 10.6. The zero-order chi connectivity index (χ0) is 13.1. The Bertz CT molecular complexity index is 490. The number of carbonyl (C=O) groups is 1. The molecule has 6 heteroatoms. The van der Waals surface area contributed by atoms with Crippen molar-refractivity contribution in [1.29, 1.82) is 0 Å². The number of hydrogen-bond acceptors (Lipinski definition) is 2. The van der Waals surface area contributed by atoms with E-state index >= 15 is 0 Å². The van der Waals surface area contributed by atoms with Crippen molar-refractivity contribution in [2.45, 2.75) is 18.6 Å². The fourth-order valence-electron chi connectivity index (χ4n) is 1.88. The summed E-state index contributed by atoms with van der Waals surface area (Å²) in [6.07, 6.45) is 1.22. The number of halogens is 2. The van der Waals surface area contributed by atoms with Crippen molar-refractivity contribution in [3.63, 3.8) is 0 Å². The summed E-state index contributed by atoms with van der Waals surface area (Å²) in [6.45, 7) is 0. The van der Waals surface area contributed by atoms with Crippen molar-refractivity contribution in [2.75, 3.05) is 0 Å². The SMILES string of the molecule is O=C(O)N[C@@H]1CC=CO[C@H]1c1cc(F)ccc1F. The summed E-state index contributed by atoms with van der Waals surface area (Å²) in [6, 6.07) is 2.35. The molecule has 0 saturated heterocycles. The molecule has 0 fully saturated rings. The zero-order valence-electron chi connectivity index (χ0n) is 9.27. The molecule has 0 unspecified atom stereocenters. The first-order valence-corrected chi connectivity index (χ1v) is 5.33. The molecular weight excluding hydrogens is 244 g/mol. The largest absolute Gasteiger partial charge is 0.491 e. The molecular formula is C12H11F2NO3. The minimum Gasteiger partial charge on any atom is -0.491 e. The molecule has 1 aromatic carbocycles. The molecule has 0 saturated carbocycles. The van der Waals surface area contributed by atoms with Crippen LogP contribution in [0, 0.1) is 11.6 Å². The number of benzene rings is 1. The highest BCUT2D eigenvalue weighted by molar-refractivity contribution is 5.65. The number of nitrogens with one attached hydrogen (secondary N) is 1. The molecule has 2 atom stereocenters. The molecule has 4 nitrogen and oxygen atoms in total. The van der Waals surface area contributed by atoms with Gasteiger partial charge >= 0.3 is 6.09 Å². The molecule has 0 bridgehead atoms. The maximum atomic E-state index is 13.6. The first-order chi connectivity index (χ1) is 8.58. The van der Waals surface area contributed by atoms with Crippen LogP contribution in [0.4, 0.5) is 13.6 Å². The van der Waals surface area contributed by atoms with Gasteiger partial charge in [-0.2, -0.15) is 0 Å². The fourth-order valence-corrected chi connectivity index (χ4v) is 1.88. The van der Waals surface area contributed by atoms with Gasteiger partial charge in [0.05, 0.1) is 12.3 Å². The smallest absolute Gasteiger partial charge is 0.405 e. The summed E-state index contributed by atoms with van der Waals surface area (Å²) in [5.74, 6) is -1.23. The Hall–Kier alpha value is -2.11. The van der Waals surface area contributed by atoms with Crippen molar-refractivity contribution >= 4 is 6.09 Å². The predicted molar refractivity (Wildman–Crippen MR) is 58.9 cm³/mol. The number of hydrogen-bond donors (Lipinski definition) is 2. The number of carboxylic acid groups (broad SMARTS) is 1. The van der Waals surface area contributed by atoms with Crippen molar-refractivity contribution < 1.29 is 23.4 Å². The van der Waals surface area contributed by atoms with Crippen LogP contribution in [-0.4, -0.2) is 17.2 Å². The first kappa shape index (κ1) is 12.3. The minimum absolute atomic E-state index is 0.00176. The standard InChI is InChI=1S/C12H11F2NO3/c13-7-3-4-9(14)8(6-7)11-10(15-12(16)17)2-1-5-18-11/h1,3-6,10-11,15H,2H2,(H,16,17)/t10-,11+/m1/s1. The third-order valence-electron chi connectivity index (χ3n) is 2.65. The quantitative estimate of drug-likeness (QED) is 0.853. The van der Waals surface area contributed by atoms with Crippen LogP contribution in [0.3, 0.4) is 0 Å². The number of amides is 1. The van der Waals surface area contributed by atoms with Gasteiger partial charge in [-0.15, -0.1) is 0 Å². The molecule has 2 rings (SSSR count). The molecule has 1 amide bonds. The van der Waals surface area contributed by atoms with Crippen molar-refractivity contribution in [2.24, 2.45) is 0 Å². The summed E-state index contributed by atoms with van der Waals surface area (Å²) in [7, 11) is 0. The van der Waals surface area contributed by atoms with E-state index in [9.17, 15) is 13.6 Å². The Balaban J connectivity index is 2.31. The molecule has 0 aromatic heterocycles. The van der Waals surface area contributed by atoms with Gasteiger partial charge in [-0.05, 0) is 30.7 Å². The molecule has 1 aliphatic heterocycles. The van der Waals surface area contributed by atoms with Gasteiger partial charge in [-0.1, -0.05) is 0 Å². The second kappa shape index (κ2) is 5.03. The van der Waals surface area contributed by atoms with Gasteiger partial charge in [0, 0.05) is 5.56 Å². The number of ether oxygens (including phenoxy) is 1. The van der Waals surface area contributed by atoms with Gasteiger partial charge in [-0.25, -0.2) is 13.6 Å². The lowest BCUT2D eigenvalue weighted by Gasteiger charge is -2.29. The van der Waals surface area contributed by atoms with Crippen LogP contribution in [0.15, 0.2) is 30.5 Å². The van der Waals surface area contributed by atoms with E-state index in [0.717, 1.165) is 18.2 Å². The molecule has 1 aromatic rings. The van der Waals surface area contributed by atoms with Crippen LogP contribution >= 0.6 is 0 Å². The number of rotatable bonds is 2. The van der Waals surface area contributed by atoms with E-state index in [1.54, 1.807) is 6.08 Å². The molecule has 0 spiro atoms. The summed E-state index contributed by atoms with van der Waals surface area (Å²) < 4.78 is 31.9. The van der Waals surface area contributed by atoms with E-state index in [2.05, 4.69) is 5.32 Å². The van der Waals surface area contributed by atoms with E-state index in [1.165, 1.54) is 6.26 Å². The second-order valence-corrected chi connectivity index (χ2v) is 3.89. The van der Waals surface area contributed by atoms with E-state index in [1.807, 2.05) is 0 Å². The molecule has 1 heterocycles. The topological polar surface area (TPSA) is 58.6 Å². The highest BCUT2D eigenvalue weighted by Gasteiger charge is 2.29. The molecule has 96 valence electrons. The first-order valence-electron chi connectivity index (χ1n) is 5.33. The summed E-state index contributed by atoms with van der Waals surface area (Å²) in [5, 5.41) is 10.9. The monoisotopic (exact) mass is 255 g/mol. The van der Waals surface area contributed by atoms with Crippen molar-refractivity contribution in [3.8, 4) is 0 Å². The highest BCUT2D eigenvalue weighted by Crippen LogP contribution is 2.29. The molecule has 18 heavy (non-hydrogen) atoms. The molecule has 0 aliphatic carbocycles. The third kappa shape index (κ3) is 2.58. The van der Waals surface area contributed by atoms with Gasteiger partial charge in [0.25, 0.3) is 0 Å². The van der Waals surface area contributed by atoms with Crippen LogP contribution in [0.2, 0.25) is 0 Å². The van der Waals surface area contributed by atoms with Gasteiger partial charge in [-0.3, -0.25) is 0 Å². The van der Waals surface area contributed by atoms with Gasteiger partial charge in [0.2, 0.25) is 0 Å². The third-order valence-corrected chi connectivity index (χ3v) is 2.65. The van der Waals surface area contributed by atoms with Gasteiger partial charge in [0.15, 0.2) is 0 Å². The van der Waals surface area contributed by atoms with E-state index in [-0.39, 0.29) is 5.56 Å². The summed E-state index contributed by atoms with van der Waals surface area (Å²) >= 11 is 0.